The highest BCUT2D eigenvalue weighted by Crippen LogP contribution is 2.29. The zero-order chi connectivity index (χ0) is 17.0. The predicted octanol–water partition coefficient (Wildman–Crippen LogP) is 2.30. The summed E-state index contributed by atoms with van der Waals surface area (Å²) in [6, 6.07) is 5.74. The molecule has 23 heavy (non-hydrogen) atoms. The number of rotatable bonds is 6. The van der Waals surface area contributed by atoms with E-state index in [0.717, 1.165) is 30.4 Å². The van der Waals surface area contributed by atoms with E-state index in [1.165, 1.54) is 26.4 Å². The van der Waals surface area contributed by atoms with Crippen molar-refractivity contribution in [1.82, 2.24) is 5.32 Å². The topological polar surface area (TPSA) is 81.4 Å². The molecule has 1 saturated carbocycles. The second kappa shape index (κ2) is 7.64. The molecule has 0 bridgehead atoms. The fraction of sp³-hybridized carbons (Fsp3) is 0.647. The minimum absolute atomic E-state index is 0.0533. The Bertz CT molecular complexity index is 631. The lowest BCUT2D eigenvalue weighted by atomic mass is 9.79. The quantitative estimate of drug-likeness (QED) is 0.832. The Labute approximate surface area is 139 Å². The van der Waals surface area contributed by atoms with Gasteiger partial charge < -0.3 is 10.1 Å². The van der Waals surface area contributed by atoms with Crippen LogP contribution in [0.25, 0.3) is 0 Å². The fourth-order valence-corrected chi connectivity index (χ4v) is 4.00. The van der Waals surface area contributed by atoms with Crippen molar-refractivity contribution in [3.05, 3.63) is 23.8 Å². The van der Waals surface area contributed by atoms with Crippen LogP contribution in [0.15, 0.2) is 23.1 Å². The van der Waals surface area contributed by atoms with Crippen LogP contribution in [-0.4, -0.2) is 28.1 Å². The van der Waals surface area contributed by atoms with Crippen LogP contribution in [0.4, 0.5) is 0 Å². The van der Waals surface area contributed by atoms with E-state index in [1.54, 1.807) is 12.1 Å². The second-order valence-corrected chi connectivity index (χ2v) is 8.23. The van der Waals surface area contributed by atoms with Crippen LogP contribution in [-0.2, 0) is 16.4 Å². The molecule has 5 nitrogen and oxygen atoms in total. The molecule has 1 aromatic rings. The first-order chi connectivity index (χ1) is 10.8. The molecule has 1 fully saturated rings. The lowest BCUT2D eigenvalue weighted by Gasteiger charge is -2.32. The number of primary sulfonamides is 1. The third-order valence-corrected chi connectivity index (χ3v) is 5.91. The molecule has 0 unspecified atom stereocenters. The van der Waals surface area contributed by atoms with E-state index >= 15 is 0 Å². The molecule has 0 spiro atoms. The Morgan fingerprint density at radius 2 is 2.00 bits per heavy atom. The highest BCUT2D eigenvalue weighted by atomic mass is 32.2. The summed E-state index contributed by atoms with van der Waals surface area (Å²) in [6.07, 6.45) is 4.48. The van der Waals surface area contributed by atoms with Crippen molar-refractivity contribution in [2.75, 3.05) is 13.7 Å². The van der Waals surface area contributed by atoms with Crippen molar-refractivity contribution in [2.24, 2.45) is 17.0 Å². The lowest BCUT2D eigenvalue weighted by Crippen LogP contribution is -2.37. The highest BCUT2D eigenvalue weighted by molar-refractivity contribution is 7.89. The van der Waals surface area contributed by atoms with Gasteiger partial charge in [-0.2, -0.15) is 0 Å². The molecule has 0 radical (unpaired) electrons. The van der Waals surface area contributed by atoms with Crippen molar-refractivity contribution in [3.8, 4) is 5.75 Å². The minimum atomic E-state index is -3.77. The van der Waals surface area contributed by atoms with E-state index < -0.39 is 10.0 Å². The normalized spacial score (nSPS) is 25.3. The molecule has 1 aliphatic carbocycles. The summed E-state index contributed by atoms with van der Waals surface area (Å²) in [5, 5.41) is 8.85. The summed E-state index contributed by atoms with van der Waals surface area (Å²) in [7, 11) is -2.33. The summed E-state index contributed by atoms with van der Waals surface area (Å²) in [6.45, 7) is 5.48. The van der Waals surface area contributed by atoms with E-state index in [1.807, 2.05) is 6.07 Å². The Morgan fingerprint density at radius 3 is 2.61 bits per heavy atom. The average molecular weight is 340 g/mol. The van der Waals surface area contributed by atoms with Gasteiger partial charge in [0.25, 0.3) is 0 Å². The highest BCUT2D eigenvalue weighted by Gasteiger charge is 2.24. The van der Waals surface area contributed by atoms with Gasteiger partial charge in [0, 0.05) is 6.04 Å². The molecule has 1 aromatic carbocycles. The number of benzene rings is 1. The summed E-state index contributed by atoms with van der Waals surface area (Å²) in [4.78, 5) is 0.0533. The lowest BCUT2D eigenvalue weighted by molar-refractivity contribution is 0.227. The van der Waals surface area contributed by atoms with Crippen molar-refractivity contribution in [2.45, 2.75) is 50.5 Å². The standard InChI is InChI=1S/C17H28N2O3S/c1-12-4-6-15(10-13(12)2)19-9-8-14-5-7-16(22-3)17(11-14)23(18,20)21/h5,7,11-13,15,19H,4,6,8-10H2,1-3H3,(H2,18,20,21)/t12-,13-,15-/m1/s1. The maximum absolute atomic E-state index is 11.6. The SMILES string of the molecule is COc1ccc(CCN[C@@H]2CC[C@@H](C)[C@H](C)C2)cc1S(N)(=O)=O. The molecule has 3 atom stereocenters. The molecule has 1 aliphatic rings. The van der Waals surface area contributed by atoms with E-state index in [4.69, 9.17) is 9.88 Å². The van der Waals surface area contributed by atoms with Crippen LogP contribution < -0.4 is 15.2 Å². The summed E-state index contributed by atoms with van der Waals surface area (Å²) in [5.41, 5.74) is 0.944. The maximum atomic E-state index is 11.6. The molecule has 130 valence electrons. The summed E-state index contributed by atoms with van der Waals surface area (Å²) < 4.78 is 28.3. The fourth-order valence-electron chi connectivity index (χ4n) is 3.25. The number of hydrogen-bond donors (Lipinski definition) is 2. The predicted molar refractivity (Wildman–Crippen MR) is 92.0 cm³/mol. The van der Waals surface area contributed by atoms with Gasteiger partial charge in [-0.3, -0.25) is 0 Å². The van der Waals surface area contributed by atoms with Gasteiger partial charge in [0.2, 0.25) is 10.0 Å². The van der Waals surface area contributed by atoms with Gasteiger partial charge >= 0.3 is 0 Å². The van der Waals surface area contributed by atoms with Gasteiger partial charge in [0.1, 0.15) is 10.6 Å². The first kappa shape index (κ1) is 18.2. The third kappa shape index (κ3) is 4.93. The molecule has 6 heteroatoms. The maximum Gasteiger partial charge on any atom is 0.241 e. The number of hydrogen-bond acceptors (Lipinski definition) is 4. The zero-order valence-corrected chi connectivity index (χ0v) is 15.0. The molecule has 2 rings (SSSR count). The van der Waals surface area contributed by atoms with Crippen LogP contribution in [0.1, 0.15) is 38.7 Å². The van der Waals surface area contributed by atoms with Crippen molar-refractivity contribution in [3.63, 3.8) is 0 Å². The van der Waals surface area contributed by atoms with Crippen molar-refractivity contribution in [1.29, 1.82) is 0 Å². The minimum Gasteiger partial charge on any atom is -0.495 e. The van der Waals surface area contributed by atoms with Gasteiger partial charge in [0.05, 0.1) is 7.11 Å². The van der Waals surface area contributed by atoms with Crippen LogP contribution in [0.2, 0.25) is 0 Å². The van der Waals surface area contributed by atoms with Gasteiger partial charge in [-0.15, -0.1) is 0 Å². The Hall–Kier alpha value is -1.11. The van der Waals surface area contributed by atoms with Gasteiger partial charge in [-0.25, -0.2) is 13.6 Å². The Morgan fingerprint density at radius 1 is 1.26 bits per heavy atom. The molecular formula is C17H28N2O3S. The average Bonchev–Trinajstić information content (AvgIpc) is 2.50. The van der Waals surface area contributed by atoms with Crippen LogP contribution >= 0.6 is 0 Å². The number of methoxy groups -OCH3 is 1. The number of sulfonamides is 1. The van der Waals surface area contributed by atoms with Crippen LogP contribution in [0.5, 0.6) is 5.75 Å². The summed E-state index contributed by atoms with van der Waals surface area (Å²) >= 11 is 0. The molecule has 0 aromatic heterocycles. The van der Waals surface area contributed by atoms with Gasteiger partial charge in [0.15, 0.2) is 0 Å². The third-order valence-electron chi connectivity index (χ3n) is 4.98. The molecule has 0 saturated heterocycles. The van der Waals surface area contributed by atoms with Crippen molar-refractivity contribution >= 4 is 10.0 Å². The van der Waals surface area contributed by atoms with Crippen LogP contribution in [0.3, 0.4) is 0 Å². The monoisotopic (exact) mass is 340 g/mol. The molecule has 0 aliphatic heterocycles. The number of nitrogens with two attached hydrogens (primary N) is 1. The summed E-state index contributed by atoms with van der Waals surface area (Å²) in [5.74, 6) is 1.86. The molecule has 0 amide bonds. The molecule has 3 N–H and O–H groups in total. The number of nitrogens with one attached hydrogen (secondary N) is 1. The first-order valence-electron chi connectivity index (χ1n) is 8.24. The van der Waals surface area contributed by atoms with Crippen molar-refractivity contribution < 1.29 is 13.2 Å². The zero-order valence-electron chi connectivity index (χ0n) is 14.2. The first-order valence-corrected chi connectivity index (χ1v) is 9.79. The van der Waals surface area contributed by atoms with E-state index in [-0.39, 0.29) is 4.90 Å². The smallest absolute Gasteiger partial charge is 0.241 e. The Balaban J connectivity index is 1.94. The van der Waals surface area contributed by atoms with E-state index in [2.05, 4.69) is 19.2 Å². The Kier molecular flexibility index (Phi) is 6.06. The largest absolute Gasteiger partial charge is 0.495 e. The van der Waals surface area contributed by atoms with Gasteiger partial charge in [-0.05, 0) is 61.8 Å². The van der Waals surface area contributed by atoms with Crippen LogP contribution in [0, 0.1) is 11.8 Å². The number of ether oxygens (including phenoxy) is 1. The van der Waals surface area contributed by atoms with E-state index in [0.29, 0.717) is 11.8 Å². The second-order valence-electron chi connectivity index (χ2n) is 6.70. The van der Waals surface area contributed by atoms with Gasteiger partial charge in [-0.1, -0.05) is 19.9 Å². The van der Waals surface area contributed by atoms with E-state index in [9.17, 15) is 8.42 Å². The molecular weight excluding hydrogens is 312 g/mol. The molecule has 0 heterocycles.